The Morgan fingerprint density at radius 3 is 2.58 bits per heavy atom. The lowest BCUT2D eigenvalue weighted by atomic mass is 10.1. The highest BCUT2D eigenvalue weighted by Gasteiger charge is 2.20. The van der Waals surface area contributed by atoms with Gasteiger partial charge in [0.25, 0.3) is 0 Å². The monoisotopic (exact) mass is 346 g/mol. The van der Waals surface area contributed by atoms with Crippen LogP contribution in [0.2, 0.25) is 5.02 Å². The lowest BCUT2D eigenvalue weighted by molar-refractivity contribution is -0.130. The summed E-state index contributed by atoms with van der Waals surface area (Å²) in [5.74, 6) is 0.163. The molecule has 1 aromatic heterocycles. The first-order valence-electron chi connectivity index (χ1n) is 8.21. The van der Waals surface area contributed by atoms with E-state index in [-0.39, 0.29) is 5.91 Å². The van der Waals surface area contributed by atoms with Gasteiger partial charge in [0.1, 0.15) is 0 Å². The lowest BCUT2D eigenvalue weighted by Crippen LogP contribution is -2.48. The van der Waals surface area contributed by atoms with Crippen LogP contribution in [0.5, 0.6) is 0 Å². The molecule has 1 aromatic carbocycles. The summed E-state index contributed by atoms with van der Waals surface area (Å²) in [5, 5.41) is 1.75. The topological polar surface area (TPSA) is 39.7 Å². The molecule has 1 fully saturated rings. The van der Waals surface area contributed by atoms with E-state index in [0.717, 1.165) is 48.6 Å². The number of carbonyl (C=O) groups excluding carboxylic acids is 1. The molecule has 0 saturated carbocycles. The molecule has 128 valence electrons. The van der Waals surface area contributed by atoms with Crippen molar-refractivity contribution in [2.45, 2.75) is 6.54 Å². The number of halogens is 1. The minimum absolute atomic E-state index is 0.163. The summed E-state index contributed by atoms with van der Waals surface area (Å²) in [6.07, 6.45) is 1.81. The van der Waals surface area contributed by atoms with Gasteiger partial charge in [-0.25, -0.2) is 0 Å². The Kier molecular flexibility index (Phi) is 5.33. The number of pyridine rings is 1. The maximum atomic E-state index is 11.8. The molecule has 1 saturated heterocycles. The van der Waals surface area contributed by atoms with Gasteiger partial charge in [-0.3, -0.25) is 19.6 Å². The number of amides is 1. The first-order valence-corrected chi connectivity index (χ1v) is 8.59. The summed E-state index contributed by atoms with van der Waals surface area (Å²) in [7, 11) is 3.61. The van der Waals surface area contributed by atoms with Crippen molar-refractivity contribution in [3.05, 3.63) is 41.0 Å². The van der Waals surface area contributed by atoms with E-state index in [1.165, 1.54) is 5.56 Å². The number of piperazine rings is 1. The fraction of sp³-hybridized carbons (Fsp3) is 0.444. The molecule has 0 aliphatic carbocycles. The van der Waals surface area contributed by atoms with Crippen LogP contribution in [0.15, 0.2) is 30.5 Å². The average molecular weight is 347 g/mol. The number of likely N-dealkylation sites (N-methyl/N-ethyl adjacent to an activating group) is 1. The predicted molar refractivity (Wildman–Crippen MR) is 97.2 cm³/mol. The van der Waals surface area contributed by atoms with Crippen molar-refractivity contribution in [2.75, 3.05) is 46.8 Å². The quantitative estimate of drug-likeness (QED) is 0.850. The zero-order valence-electron chi connectivity index (χ0n) is 14.2. The normalized spacial score (nSPS) is 16.5. The van der Waals surface area contributed by atoms with Gasteiger partial charge in [-0.1, -0.05) is 17.7 Å². The molecule has 24 heavy (non-hydrogen) atoms. The maximum Gasteiger partial charge on any atom is 0.236 e. The van der Waals surface area contributed by atoms with Crippen LogP contribution in [0.3, 0.4) is 0 Å². The standard InChI is InChI=1S/C18H23ClN4O/c1-21(2)17(24)13-23-10-8-22(9-11-23)12-14-5-6-16(19)15-4-3-7-20-18(14)15/h3-7H,8-13H2,1-2H3. The molecule has 0 radical (unpaired) electrons. The second kappa shape index (κ2) is 7.47. The fourth-order valence-electron chi connectivity index (χ4n) is 3.00. The van der Waals surface area contributed by atoms with E-state index in [2.05, 4.69) is 20.9 Å². The van der Waals surface area contributed by atoms with Crippen molar-refractivity contribution in [1.82, 2.24) is 19.7 Å². The molecule has 1 aliphatic rings. The van der Waals surface area contributed by atoms with Crippen molar-refractivity contribution in [1.29, 1.82) is 0 Å². The first kappa shape index (κ1) is 17.1. The molecule has 1 aliphatic heterocycles. The summed E-state index contributed by atoms with van der Waals surface area (Å²) in [5.41, 5.74) is 2.18. The molecule has 3 rings (SSSR count). The molecule has 0 spiro atoms. The third-order valence-corrected chi connectivity index (χ3v) is 4.85. The number of aromatic nitrogens is 1. The van der Waals surface area contributed by atoms with Crippen LogP contribution in [0, 0.1) is 0 Å². The molecule has 0 N–H and O–H groups in total. The van der Waals surface area contributed by atoms with Crippen molar-refractivity contribution < 1.29 is 4.79 Å². The number of hydrogen-bond acceptors (Lipinski definition) is 4. The number of carbonyl (C=O) groups is 1. The molecule has 1 amide bonds. The summed E-state index contributed by atoms with van der Waals surface area (Å²) in [4.78, 5) is 22.6. The van der Waals surface area contributed by atoms with Crippen LogP contribution in [0.25, 0.3) is 10.9 Å². The molecule has 0 atom stereocenters. The van der Waals surface area contributed by atoms with E-state index in [1.807, 2.05) is 24.4 Å². The highest BCUT2D eigenvalue weighted by molar-refractivity contribution is 6.35. The smallest absolute Gasteiger partial charge is 0.236 e. The molecule has 2 heterocycles. The Bertz CT molecular complexity index is 726. The van der Waals surface area contributed by atoms with Crippen molar-refractivity contribution in [3.8, 4) is 0 Å². The van der Waals surface area contributed by atoms with Gasteiger partial charge in [-0.15, -0.1) is 0 Å². The van der Waals surface area contributed by atoms with Crippen LogP contribution in [-0.2, 0) is 11.3 Å². The van der Waals surface area contributed by atoms with E-state index < -0.39 is 0 Å². The SMILES string of the molecule is CN(C)C(=O)CN1CCN(Cc2ccc(Cl)c3cccnc23)CC1. The van der Waals surface area contributed by atoms with Crippen LogP contribution >= 0.6 is 11.6 Å². The van der Waals surface area contributed by atoms with Crippen molar-refractivity contribution in [3.63, 3.8) is 0 Å². The van der Waals surface area contributed by atoms with Gasteiger partial charge in [0.2, 0.25) is 5.91 Å². The zero-order chi connectivity index (χ0) is 17.1. The molecular weight excluding hydrogens is 324 g/mol. The van der Waals surface area contributed by atoms with Gasteiger partial charge in [0.15, 0.2) is 0 Å². The van der Waals surface area contributed by atoms with E-state index >= 15 is 0 Å². The molecule has 2 aromatic rings. The number of hydrogen-bond donors (Lipinski definition) is 0. The number of nitrogens with zero attached hydrogens (tertiary/aromatic N) is 4. The molecule has 6 heteroatoms. The fourth-order valence-corrected chi connectivity index (χ4v) is 3.22. The summed E-state index contributed by atoms with van der Waals surface area (Å²) >= 11 is 6.27. The van der Waals surface area contributed by atoms with Gasteiger partial charge < -0.3 is 4.90 Å². The largest absolute Gasteiger partial charge is 0.348 e. The Labute approximate surface area is 147 Å². The van der Waals surface area contributed by atoms with Crippen LogP contribution in [-0.4, -0.2) is 72.4 Å². The van der Waals surface area contributed by atoms with Gasteiger partial charge in [-0.2, -0.15) is 0 Å². The second-order valence-electron chi connectivity index (χ2n) is 6.45. The van der Waals surface area contributed by atoms with Crippen molar-refractivity contribution in [2.24, 2.45) is 0 Å². The van der Waals surface area contributed by atoms with Crippen LogP contribution < -0.4 is 0 Å². The van der Waals surface area contributed by atoms with Gasteiger partial charge in [-0.05, 0) is 23.8 Å². The summed E-state index contributed by atoms with van der Waals surface area (Å²) in [6, 6.07) is 7.95. The van der Waals surface area contributed by atoms with E-state index in [9.17, 15) is 4.79 Å². The number of fused-ring (bicyclic) bond motifs is 1. The van der Waals surface area contributed by atoms with Gasteiger partial charge in [0, 0.05) is 63.4 Å². The predicted octanol–water partition coefficient (Wildman–Crippen LogP) is 2.09. The highest BCUT2D eigenvalue weighted by atomic mass is 35.5. The number of benzene rings is 1. The maximum absolute atomic E-state index is 11.8. The Morgan fingerprint density at radius 1 is 1.17 bits per heavy atom. The van der Waals surface area contributed by atoms with Gasteiger partial charge >= 0.3 is 0 Å². The number of rotatable bonds is 4. The third kappa shape index (κ3) is 3.86. The van der Waals surface area contributed by atoms with E-state index in [0.29, 0.717) is 6.54 Å². The minimum atomic E-state index is 0.163. The minimum Gasteiger partial charge on any atom is -0.348 e. The Hall–Kier alpha value is -1.69. The average Bonchev–Trinajstić information content (AvgIpc) is 2.59. The Morgan fingerprint density at radius 2 is 1.88 bits per heavy atom. The van der Waals surface area contributed by atoms with Gasteiger partial charge in [0.05, 0.1) is 12.1 Å². The van der Waals surface area contributed by atoms with Crippen LogP contribution in [0.1, 0.15) is 5.56 Å². The Balaban J connectivity index is 1.63. The summed E-state index contributed by atoms with van der Waals surface area (Å²) < 4.78 is 0. The highest BCUT2D eigenvalue weighted by Crippen LogP contribution is 2.25. The first-order chi connectivity index (χ1) is 11.5. The summed E-state index contributed by atoms with van der Waals surface area (Å²) in [6.45, 7) is 5.11. The van der Waals surface area contributed by atoms with Crippen LogP contribution in [0.4, 0.5) is 0 Å². The van der Waals surface area contributed by atoms with E-state index in [4.69, 9.17) is 11.6 Å². The molecule has 5 nitrogen and oxygen atoms in total. The third-order valence-electron chi connectivity index (χ3n) is 4.52. The molecule has 0 bridgehead atoms. The molecular formula is C18H23ClN4O. The zero-order valence-corrected chi connectivity index (χ0v) is 15.0. The van der Waals surface area contributed by atoms with E-state index in [1.54, 1.807) is 19.0 Å². The second-order valence-corrected chi connectivity index (χ2v) is 6.85. The lowest BCUT2D eigenvalue weighted by Gasteiger charge is -2.34. The van der Waals surface area contributed by atoms with Crippen molar-refractivity contribution >= 4 is 28.4 Å². The molecule has 0 unspecified atom stereocenters.